The SMILES string of the molecule is CC1CN(c2ccc(OS(=O)(=O)C(F)(F)F)cc2)C(=O)c2c(N)ncnc2O1. The minimum Gasteiger partial charge on any atom is -0.472 e. The molecule has 2 N–H and O–H groups in total. The van der Waals surface area contributed by atoms with Crippen LogP contribution in [0.15, 0.2) is 30.6 Å². The Balaban J connectivity index is 1.91. The third-order valence-corrected chi connectivity index (χ3v) is 4.67. The molecule has 3 rings (SSSR count). The molecule has 0 fully saturated rings. The highest BCUT2D eigenvalue weighted by atomic mass is 32.2. The Hall–Kier alpha value is -3.09. The van der Waals surface area contributed by atoms with Gasteiger partial charge in [-0.1, -0.05) is 0 Å². The first-order chi connectivity index (χ1) is 13.0. The first-order valence-corrected chi connectivity index (χ1v) is 9.10. The summed E-state index contributed by atoms with van der Waals surface area (Å²) in [4.78, 5) is 21.8. The van der Waals surface area contributed by atoms with Crippen LogP contribution in [0.3, 0.4) is 0 Å². The molecule has 1 atom stereocenters. The summed E-state index contributed by atoms with van der Waals surface area (Å²) in [6.07, 6.45) is 0.665. The lowest BCUT2D eigenvalue weighted by Crippen LogP contribution is -2.36. The molecular weight excluding hydrogens is 405 g/mol. The number of carbonyl (C=O) groups excluding carboxylic acids is 1. The smallest absolute Gasteiger partial charge is 0.472 e. The highest BCUT2D eigenvalue weighted by Crippen LogP contribution is 2.31. The van der Waals surface area contributed by atoms with Gasteiger partial charge in [-0.25, -0.2) is 9.97 Å². The highest BCUT2D eigenvalue weighted by Gasteiger charge is 2.48. The second-order valence-electron chi connectivity index (χ2n) is 5.76. The number of nitrogens with zero attached hydrogens (tertiary/aromatic N) is 3. The molecule has 1 aromatic heterocycles. The van der Waals surface area contributed by atoms with Crippen molar-refractivity contribution in [2.24, 2.45) is 0 Å². The molecule has 2 aromatic rings. The number of hydrogen-bond acceptors (Lipinski definition) is 8. The van der Waals surface area contributed by atoms with Gasteiger partial charge in [0.1, 0.15) is 29.6 Å². The minimum absolute atomic E-state index is 0.0173. The zero-order valence-corrected chi connectivity index (χ0v) is 15.0. The molecule has 13 heteroatoms. The average Bonchev–Trinajstić information content (AvgIpc) is 2.71. The van der Waals surface area contributed by atoms with Gasteiger partial charge in [-0.05, 0) is 31.2 Å². The van der Waals surface area contributed by atoms with E-state index in [1.54, 1.807) is 6.92 Å². The van der Waals surface area contributed by atoms with E-state index in [1.807, 2.05) is 0 Å². The Morgan fingerprint density at radius 3 is 2.50 bits per heavy atom. The van der Waals surface area contributed by atoms with E-state index in [1.165, 1.54) is 17.0 Å². The fraction of sp³-hybridized carbons (Fsp3) is 0.267. The Morgan fingerprint density at radius 1 is 1.25 bits per heavy atom. The number of hydrogen-bond donors (Lipinski definition) is 1. The van der Waals surface area contributed by atoms with E-state index in [9.17, 15) is 26.4 Å². The molecule has 28 heavy (non-hydrogen) atoms. The monoisotopic (exact) mass is 418 g/mol. The van der Waals surface area contributed by atoms with Crippen molar-refractivity contribution >= 4 is 27.5 Å². The molecule has 1 aliphatic rings. The number of aromatic nitrogens is 2. The number of nitrogens with two attached hydrogens (primary N) is 1. The Kier molecular flexibility index (Phi) is 4.79. The van der Waals surface area contributed by atoms with E-state index >= 15 is 0 Å². The van der Waals surface area contributed by atoms with Gasteiger partial charge in [-0.3, -0.25) is 4.79 Å². The summed E-state index contributed by atoms with van der Waals surface area (Å²) < 4.78 is 68.9. The third kappa shape index (κ3) is 3.65. The van der Waals surface area contributed by atoms with Crippen molar-refractivity contribution in [2.45, 2.75) is 18.5 Å². The standard InChI is InChI=1S/C15H13F3N4O5S/c1-8-6-22(14(23)11-12(19)20-7-21-13(11)26-8)9-2-4-10(5-3-9)27-28(24,25)15(16,17)18/h2-5,7-8H,6H2,1H3,(H2,19,20,21). The fourth-order valence-corrected chi connectivity index (χ4v) is 2.91. The zero-order chi connectivity index (χ0) is 20.7. The van der Waals surface area contributed by atoms with Gasteiger partial charge in [0.05, 0.1) is 6.54 Å². The molecule has 0 spiro atoms. The van der Waals surface area contributed by atoms with Crippen LogP contribution < -0.4 is 19.6 Å². The van der Waals surface area contributed by atoms with Gasteiger partial charge in [0.25, 0.3) is 5.91 Å². The molecule has 0 bridgehead atoms. The predicted molar refractivity (Wildman–Crippen MR) is 90.3 cm³/mol. The maximum atomic E-state index is 12.9. The summed E-state index contributed by atoms with van der Waals surface area (Å²) >= 11 is 0. The van der Waals surface area contributed by atoms with Crippen molar-refractivity contribution in [3.63, 3.8) is 0 Å². The van der Waals surface area contributed by atoms with Crippen molar-refractivity contribution in [1.29, 1.82) is 0 Å². The predicted octanol–water partition coefficient (Wildman–Crippen LogP) is 1.71. The Morgan fingerprint density at radius 2 is 1.89 bits per heavy atom. The lowest BCUT2D eigenvalue weighted by atomic mass is 10.2. The molecule has 9 nitrogen and oxygen atoms in total. The van der Waals surface area contributed by atoms with Gasteiger partial charge < -0.3 is 19.6 Å². The molecule has 1 aliphatic heterocycles. The molecule has 0 aliphatic carbocycles. The number of halogens is 3. The summed E-state index contributed by atoms with van der Waals surface area (Å²) in [5.41, 5.74) is 0.403. The second-order valence-corrected chi connectivity index (χ2v) is 7.30. The fourth-order valence-electron chi connectivity index (χ4n) is 2.45. The number of alkyl halides is 3. The van der Waals surface area contributed by atoms with Crippen LogP contribution in [0.5, 0.6) is 11.6 Å². The molecule has 0 saturated heterocycles. The quantitative estimate of drug-likeness (QED) is 0.590. The topological polar surface area (TPSA) is 125 Å². The number of rotatable bonds is 3. The molecule has 1 unspecified atom stereocenters. The maximum Gasteiger partial charge on any atom is 0.534 e. The van der Waals surface area contributed by atoms with Crippen LogP contribution in [-0.4, -0.2) is 42.4 Å². The van der Waals surface area contributed by atoms with Crippen LogP contribution in [0.1, 0.15) is 17.3 Å². The summed E-state index contributed by atoms with van der Waals surface area (Å²) in [5.74, 6) is -1.21. The van der Waals surface area contributed by atoms with E-state index in [0.717, 1.165) is 18.5 Å². The number of ether oxygens (including phenoxy) is 1. The summed E-state index contributed by atoms with van der Waals surface area (Å²) in [5, 5.41) is 0. The Labute approximate surface area is 157 Å². The lowest BCUT2D eigenvalue weighted by molar-refractivity contribution is -0.0500. The number of fused-ring (bicyclic) bond motifs is 1. The third-order valence-electron chi connectivity index (χ3n) is 3.69. The van der Waals surface area contributed by atoms with Gasteiger partial charge in [-0.15, -0.1) is 0 Å². The van der Waals surface area contributed by atoms with E-state index < -0.39 is 33.4 Å². The summed E-state index contributed by atoms with van der Waals surface area (Å²) in [6, 6.07) is 4.45. The van der Waals surface area contributed by atoms with Crippen LogP contribution in [0.25, 0.3) is 0 Å². The van der Waals surface area contributed by atoms with Crippen LogP contribution in [0.4, 0.5) is 24.7 Å². The molecular formula is C15H13F3N4O5S. The zero-order valence-electron chi connectivity index (χ0n) is 14.2. The van der Waals surface area contributed by atoms with E-state index in [-0.39, 0.29) is 29.5 Å². The molecule has 1 aromatic carbocycles. The number of nitrogen functional groups attached to an aromatic ring is 1. The van der Waals surface area contributed by atoms with Crippen molar-refractivity contribution in [1.82, 2.24) is 9.97 Å². The molecule has 0 saturated carbocycles. The van der Waals surface area contributed by atoms with E-state index in [0.29, 0.717) is 0 Å². The van der Waals surface area contributed by atoms with Gasteiger partial charge in [0, 0.05) is 5.69 Å². The summed E-state index contributed by atoms with van der Waals surface area (Å²) in [6.45, 7) is 1.76. The molecule has 150 valence electrons. The van der Waals surface area contributed by atoms with Gasteiger partial charge in [0.2, 0.25) is 5.88 Å². The lowest BCUT2D eigenvalue weighted by Gasteiger charge is -2.22. The molecule has 0 radical (unpaired) electrons. The van der Waals surface area contributed by atoms with Crippen LogP contribution in [0, 0.1) is 0 Å². The number of carbonyl (C=O) groups is 1. The average molecular weight is 418 g/mol. The van der Waals surface area contributed by atoms with E-state index in [2.05, 4.69) is 14.2 Å². The highest BCUT2D eigenvalue weighted by molar-refractivity contribution is 7.88. The summed E-state index contributed by atoms with van der Waals surface area (Å²) in [7, 11) is -5.79. The van der Waals surface area contributed by atoms with Crippen molar-refractivity contribution in [2.75, 3.05) is 17.2 Å². The van der Waals surface area contributed by atoms with Crippen LogP contribution >= 0.6 is 0 Å². The van der Waals surface area contributed by atoms with Crippen LogP contribution in [-0.2, 0) is 10.1 Å². The number of anilines is 2. The first-order valence-electron chi connectivity index (χ1n) is 7.69. The second kappa shape index (κ2) is 6.82. The normalized spacial score (nSPS) is 17.5. The Bertz CT molecular complexity index is 1010. The van der Waals surface area contributed by atoms with E-state index in [4.69, 9.17) is 10.5 Å². The van der Waals surface area contributed by atoms with Crippen molar-refractivity contribution < 1.29 is 35.3 Å². The number of benzene rings is 1. The maximum absolute atomic E-state index is 12.9. The number of amides is 1. The van der Waals surface area contributed by atoms with Crippen molar-refractivity contribution in [3.8, 4) is 11.6 Å². The first kappa shape index (κ1) is 19.7. The van der Waals surface area contributed by atoms with Gasteiger partial charge in [0.15, 0.2) is 0 Å². The molecule has 2 heterocycles. The minimum atomic E-state index is -5.79. The molecule has 1 amide bonds. The van der Waals surface area contributed by atoms with Gasteiger partial charge in [-0.2, -0.15) is 21.6 Å². The van der Waals surface area contributed by atoms with Gasteiger partial charge >= 0.3 is 15.6 Å². The largest absolute Gasteiger partial charge is 0.534 e. The van der Waals surface area contributed by atoms with Crippen molar-refractivity contribution in [3.05, 3.63) is 36.2 Å². The van der Waals surface area contributed by atoms with Crippen LogP contribution in [0.2, 0.25) is 0 Å².